The number of benzene rings is 6. The van der Waals surface area contributed by atoms with Crippen molar-refractivity contribution in [2.75, 3.05) is 0 Å². The molecule has 0 amide bonds. The Morgan fingerprint density at radius 1 is 0.569 bits per heavy atom. The van der Waals surface area contributed by atoms with E-state index >= 15 is 0 Å². The average molecular weight is 920 g/mol. The van der Waals surface area contributed by atoms with Gasteiger partial charge in [-0.15, -0.1) is 28.8 Å². The van der Waals surface area contributed by atoms with Crippen molar-refractivity contribution in [3.8, 4) is 33.4 Å². The second-order valence-electron chi connectivity index (χ2n) is 16.6. The molecule has 0 heterocycles. The van der Waals surface area contributed by atoms with Gasteiger partial charge in [0.15, 0.2) is 0 Å². The summed E-state index contributed by atoms with van der Waals surface area (Å²) in [5.41, 5.74) is 16.1. The second-order valence-corrected chi connectivity index (χ2v) is 19.2. The largest absolute Gasteiger partial charge is 1.00 e. The summed E-state index contributed by atoms with van der Waals surface area (Å²) in [6.07, 6.45) is 3.00. The van der Waals surface area contributed by atoms with Gasteiger partial charge in [-0.05, 0) is 39.5 Å². The van der Waals surface area contributed by atoms with Crippen LogP contribution in [0, 0.1) is 6.07 Å². The van der Waals surface area contributed by atoms with Crippen LogP contribution in [-0.2, 0) is 54.3 Å². The summed E-state index contributed by atoms with van der Waals surface area (Å²) >= 11 is 13.2. The molecule has 0 aliphatic heterocycles. The molecule has 0 N–H and O–H groups in total. The van der Waals surface area contributed by atoms with Gasteiger partial charge < -0.3 is 24.8 Å². The molecule has 0 atom stereocenters. The summed E-state index contributed by atoms with van der Waals surface area (Å²) in [6, 6.07) is 59.0. The summed E-state index contributed by atoms with van der Waals surface area (Å²) in [4.78, 5) is 0. The van der Waals surface area contributed by atoms with Crippen LogP contribution in [0.15, 0.2) is 158 Å². The van der Waals surface area contributed by atoms with Crippen LogP contribution in [0.1, 0.15) is 74.9 Å². The molecule has 7 aromatic rings. The Kier molecular flexibility index (Phi) is 17.3. The van der Waals surface area contributed by atoms with Gasteiger partial charge in [-0.3, -0.25) is 0 Å². The van der Waals surface area contributed by atoms with Crippen molar-refractivity contribution in [2.45, 2.75) is 71.6 Å². The summed E-state index contributed by atoms with van der Waals surface area (Å²) < 4.78 is 1.52. The topological polar surface area (TPSA) is 0 Å². The molecule has 296 valence electrons. The molecule has 0 nitrogen and oxygen atoms in total. The van der Waals surface area contributed by atoms with E-state index in [9.17, 15) is 0 Å². The number of hydrogen-bond donors (Lipinski definition) is 0. The molecule has 0 unspecified atom stereocenters. The van der Waals surface area contributed by atoms with Crippen LogP contribution in [0.25, 0.3) is 33.4 Å². The van der Waals surface area contributed by atoms with Crippen molar-refractivity contribution >= 4 is 26.4 Å². The van der Waals surface area contributed by atoms with E-state index in [2.05, 4.69) is 151 Å². The monoisotopic (exact) mass is 916 g/mol. The molecule has 0 radical (unpaired) electrons. The molecule has 1 aliphatic carbocycles. The zero-order valence-corrected chi connectivity index (χ0v) is 39.6. The SMILES string of the molecule is CC(C)(C)c1cc2c([c-]c1-c1ccccc1)Cc1cc(-c3ccccc3)c(C(C)(C)C)cc1-2.Clc1ccc(C[C](=[Zr+2])Cc2ccc(Cl)cc2)cc1.[Cl-].[Cl-].c1cc[cH-]c1. The van der Waals surface area contributed by atoms with E-state index in [-0.39, 0.29) is 35.6 Å². The molecular weight excluding hydrogens is 870 g/mol. The Bertz CT molecular complexity index is 2180. The van der Waals surface area contributed by atoms with Crippen LogP contribution in [0.4, 0.5) is 0 Å². The molecule has 5 heteroatoms. The van der Waals surface area contributed by atoms with Crippen molar-refractivity contribution < 1.29 is 49.0 Å². The Labute approximate surface area is 384 Å². The van der Waals surface area contributed by atoms with Gasteiger partial charge in [0, 0.05) is 0 Å². The number of rotatable bonds is 6. The minimum absolute atomic E-state index is 0. The Morgan fingerprint density at radius 3 is 1.48 bits per heavy atom. The van der Waals surface area contributed by atoms with Gasteiger partial charge in [-0.2, -0.15) is 18.2 Å². The molecule has 58 heavy (non-hydrogen) atoms. The summed E-state index contributed by atoms with van der Waals surface area (Å²) in [7, 11) is 0. The fraction of sp³-hybridized carbons (Fsp3) is 0.208. The summed E-state index contributed by atoms with van der Waals surface area (Å²) in [5.74, 6) is 0. The zero-order chi connectivity index (χ0) is 39.9. The van der Waals surface area contributed by atoms with Gasteiger partial charge >= 0.3 is 133 Å². The minimum Gasteiger partial charge on any atom is -1.00 e. The van der Waals surface area contributed by atoms with Crippen LogP contribution in [0.2, 0.25) is 10.0 Å². The van der Waals surface area contributed by atoms with E-state index < -0.39 is 0 Å². The maximum Gasteiger partial charge on any atom is -0.172 e. The molecule has 7 aromatic carbocycles. The third-order valence-corrected chi connectivity index (χ3v) is 11.4. The molecule has 0 saturated carbocycles. The fourth-order valence-electron chi connectivity index (χ4n) is 7.18. The molecule has 0 spiro atoms. The van der Waals surface area contributed by atoms with E-state index in [1.165, 1.54) is 94.2 Å². The Morgan fingerprint density at radius 2 is 1.03 bits per heavy atom. The van der Waals surface area contributed by atoms with E-state index in [0.29, 0.717) is 0 Å². The van der Waals surface area contributed by atoms with E-state index in [0.717, 1.165) is 29.3 Å². The normalized spacial score (nSPS) is 11.3. The zero-order valence-electron chi connectivity index (χ0n) is 34.1. The first-order valence-electron chi connectivity index (χ1n) is 19.4. The first-order chi connectivity index (χ1) is 26.8. The maximum atomic E-state index is 5.88. The standard InChI is InChI=1S/C33H33.C15H12Cl2.C5H5.2ClH.Zr/c1-32(2,3)30-20-26-24(18-28(30)22-13-9-7-10-14-22)17-25-19-29(23-15-11-8-12-16-23)31(21-27(25)26)33(4,5)6;16-14-8-4-12(5-9-14)2-1-3-13-6-10-15(17)11-7-13;1-2-4-5-3-1;;;/h7-16,18,20-21H,17H2,1-6H3;4-11H,2-3H2;1-5H;2*1H;/q-1;;-1;;;+2/p-2. The second kappa shape index (κ2) is 21.2. The molecule has 0 bridgehead atoms. The van der Waals surface area contributed by atoms with Gasteiger partial charge in [-0.1, -0.05) is 131 Å². The van der Waals surface area contributed by atoms with Crippen LogP contribution in [-0.4, -0.2) is 3.21 Å². The van der Waals surface area contributed by atoms with Gasteiger partial charge in [0.2, 0.25) is 0 Å². The smallest absolute Gasteiger partial charge is 0.172 e. The average Bonchev–Trinajstić information content (AvgIpc) is 3.88. The number of halogens is 4. The third-order valence-electron chi connectivity index (χ3n) is 10.0. The Hall–Kier alpha value is -3.42. The van der Waals surface area contributed by atoms with Crippen LogP contribution in [0.3, 0.4) is 0 Å². The van der Waals surface area contributed by atoms with E-state index in [1.807, 2.05) is 54.6 Å². The molecule has 0 aromatic heterocycles. The number of hydrogen-bond acceptors (Lipinski definition) is 0. The van der Waals surface area contributed by atoms with Crippen molar-refractivity contribution in [3.63, 3.8) is 0 Å². The van der Waals surface area contributed by atoms with Crippen LogP contribution < -0.4 is 24.8 Å². The summed E-state index contributed by atoms with van der Waals surface area (Å²) in [6.45, 7) is 13.9. The molecule has 1 aliphatic rings. The first kappa shape index (κ1) is 47.3. The van der Waals surface area contributed by atoms with Gasteiger partial charge in [0.05, 0.1) is 0 Å². The molecule has 8 rings (SSSR count). The van der Waals surface area contributed by atoms with Crippen molar-refractivity contribution in [2.24, 2.45) is 0 Å². The van der Waals surface area contributed by atoms with Gasteiger partial charge in [0.25, 0.3) is 0 Å². The van der Waals surface area contributed by atoms with E-state index in [1.54, 1.807) is 0 Å². The quantitative estimate of drug-likeness (QED) is 0.146. The van der Waals surface area contributed by atoms with Crippen LogP contribution in [0.5, 0.6) is 0 Å². The fourth-order valence-corrected chi connectivity index (χ4v) is 8.44. The van der Waals surface area contributed by atoms with Gasteiger partial charge in [0.1, 0.15) is 0 Å². The van der Waals surface area contributed by atoms with E-state index in [4.69, 9.17) is 23.2 Å². The summed E-state index contributed by atoms with van der Waals surface area (Å²) in [5, 5.41) is 1.59. The number of fused-ring (bicyclic) bond motifs is 3. The van der Waals surface area contributed by atoms with Gasteiger partial charge in [-0.25, -0.2) is 12.1 Å². The Balaban J connectivity index is 0.000000250. The predicted molar refractivity (Wildman–Crippen MR) is 239 cm³/mol. The van der Waals surface area contributed by atoms with Crippen molar-refractivity contribution in [1.29, 1.82) is 0 Å². The van der Waals surface area contributed by atoms with Crippen LogP contribution >= 0.6 is 23.2 Å². The predicted octanol–water partition coefficient (Wildman–Crippen LogP) is 8.90. The molecule has 0 fully saturated rings. The maximum absolute atomic E-state index is 5.88. The first-order valence-corrected chi connectivity index (χ1v) is 21.3. The molecule has 0 saturated heterocycles. The minimum atomic E-state index is 0. The van der Waals surface area contributed by atoms with Crippen molar-refractivity contribution in [3.05, 3.63) is 207 Å². The molecular formula is C53H50Cl4Zr-2. The third kappa shape index (κ3) is 12.6. The van der Waals surface area contributed by atoms with Crippen molar-refractivity contribution in [1.82, 2.24) is 0 Å².